The number of amides is 2. The molecule has 1 atom stereocenters. The number of carbonyl (C=O) groups excluding carboxylic acids is 3. The highest BCUT2D eigenvalue weighted by molar-refractivity contribution is 9.10. The number of rotatable bonds is 7. The van der Waals surface area contributed by atoms with E-state index in [-0.39, 0.29) is 22.8 Å². The number of ether oxygens (including phenoxy) is 1. The zero-order valence-electron chi connectivity index (χ0n) is 17.3. The van der Waals surface area contributed by atoms with Gasteiger partial charge < -0.3 is 15.4 Å². The van der Waals surface area contributed by atoms with Gasteiger partial charge in [-0.05, 0) is 46.3 Å². The van der Waals surface area contributed by atoms with Crippen LogP contribution in [0.25, 0.3) is 0 Å². The van der Waals surface area contributed by atoms with Crippen LogP contribution in [-0.4, -0.2) is 22.7 Å². The molecule has 0 aliphatic carbocycles. The second kappa shape index (κ2) is 10.5. The monoisotopic (exact) mass is 511 g/mol. The Balaban J connectivity index is 1.82. The van der Waals surface area contributed by atoms with Crippen LogP contribution in [0.1, 0.15) is 28.9 Å². The molecule has 2 amide bonds. The summed E-state index contributed by atoms with van der Waals surface area (Å²) in [5.41, 5.74) is 1.28. The maximum Gasteiger partial charge on any atom is 0.339 e. The Labute approximate surface area is 197 Å². The molecule has 0 saturated heterocycles. The number of benzene rings is 3. The van der Waals surface area contributed by atoms with Gasteiger partial charge in [-0.2, -0.15) is 0 Å². The summed E-state index contributed by atoms with van der Waals surface area (Å²) >= 11 is 3.20. The van der Waals surface area contributed by atoms with Crippen LogP contribution in [0.5, 0.6) is 0 Å². The first-order valence-electron chi connectivity index (χ1n) is 9.63. The van der Waals surface area contributed by atoms with Crippen molar-refractivity contribution >= 4 is 50.8 Å². The van der Waals surface area contributed by atoms with Crippen molar-refractivity contribution in [2.75, 3.05) is 10.6 Å². The predicted molar refractivity (Wildman–Crippen MR) is 125 cm³/mol. The number of nitrogens with zero attached hydrogens (tertiary/aromatic N) is 1. The number of nitro benzene ring substituents is 1. The molecule has 33 heavy (non-hydrogen) atoms. The molecule has 2 N–H and O–H groups in total. The van der Waals surface area contributed by atoms with E-state index < -0.39 is 22.9 Å². The number of esters is 1. The van der Waals surface area contributed by atoms with Crippen molar-refractivity contribution in [3.05, 3.63) is 98.5 Å². The van der Waals surface area contributed by atoms with Gasteiger partial charge in [-0.25, -0.2) is 4.79 Å². The van der Waals surface area contributed by atoms with Crippen molar-refractivity contribution in [1.29, 1.82) is 0 Å². The molecule has 0 spiro atoms. The fourth-order valence-corrected chi connectivity index (χ4v) is 3.35. The number of hydrogen-bond donors (Lipinski definition) is 2. The average Bonchev–Trinajstić information content (AvgIpc) is 2.79. The Morgan fingerprint density at radius 1 is 0.970 bits per heavy atom. The van der Waals surface area contributed by atoms with Crippen LogP contribution in [0.3, 0.4) is 0 Å². The molecule has 0 fully saturated rings. The number of halogens is 1. The van der Waals surface area contributed by atoms with Gasteiger partial charge >= 0.3 is 5.97 Å². The molecule has 0 aliphatic rings. The summed E-state index contributed by atoms with van der Waals surface area (Å²) in [6.07, 6.45) is -1.28. The Kier molecular flexibility index (Phi) is 7.52. The van der Waals surface area contributed by atoms with Crippen LogP contribution < -0.4 is 10.6 Å². The molecule has 9 nitrogen and oxygen atoms in total. The van der Waals surface area contributed by atoms with Gasteiger partial charge in [-0.1, -0.05) is 30.3 Å². The van der Waals surface area contributed by atoms with Crippen molar-refractivity contribution in [1.82, 2.24) is 0 Å². The first-order chi connectivity index (χ1) is 15.7. The second-order valence-corrected chi connectivity index (χ2v) is 7.72. The normalized spacial score (nSPS) is 11.2. The van der Waals surface area contributed by atoms with Gasteiger partial charge in [0.05, 0.1) is 16.2 Å². The summed E-state index contributed by atoms with van der Waals surface area (Å²) in [5.74, 6) is -1.63. The molecule has 3 aromatic rings. The van der Waals surface area contributed by atoms with Crippen molar-refractivity contribution < 1.29 is 24.0 Å². The fourth-order valence-electron chi connectivity index (χ4n) is 2.89. The molecule has 0 radical (unpaired) electrons. The second-order valence-electron chi connectivity index (χ2n) is 6.87. The zero-order valence-corrected chi connectivity index (χ0v) is 18.9. The van der Waals surface area contributed by atoms with E-state index in [1.54, 1.807) is 42.5 Å². The van der Waals surface area contributed by atoms with E-state index in [9.17, 15) is 24.5 Å². The van der Waals surface area contributed by atoms with Crippen molar-refractivity contribution in [3.8, 4) is 0 Å². The minimum Gasteiger partial charge on any atom is -0.444 e. The number of anilines is 2. The molecular formula is C23H18BrN3O6. The van der Waals surface area contributed by atoms with Crippen LogP contribution in [0.4, 0.5) is 17.1 Å². The summed E-state index contributed by atoms with van der Waals surface area (Å²) in [7, 11) is 0. The third kappa shape index (κ3) is 6.23. The van der Waals surface area contributed by atoms with Gasteiger partial charge in [-0.15, -0.1) is 0 Å². The summed E-state index contributed by atoms with van der Waals surface area (Å²) in [6, 6.07) is 18.4. The fraction of sp³-hybridized carbons (Fsp3) is 0.0870. The van der Waals surface area contributed by atoms with E-state index in [0.717, 1.165) is 0 Å². The molecule has 3 aromatic carbocycles. The van der Waals surface area contributed by atoms with Crippen molar-refractivity contribution in [2.24, 2.45) is 0 Å². The van der Waals surface area contributed by atoms with Crippen LogP contribution >= 0.6 is 15.9 Å². The highest BCUT2D eigenvalue weighted by atomic mass is 79.9. The largest absolute Gasteiger partial charge is 0.444 e. The van der Waals surface area contributed by atoms with Crippen LogP contribution in [0.2, 0.25) is 0 Å². The van der Waals surface area contributed by atoms with E-state index in [2.05, 4.69) is 26.6 Å². The van der Waals surface area contributed by atoms with Gasteiger partial charge in [0.25, 0.3) is 11.6 Å². The Hall–Kier alpha value is -4.05. The van der Waals surface area contributed by atoms with Crippen LogP contribution in [0, 0.1) is 10.1 Å². The Bertz CT molecular complexity index is 1200. The van der Waals surface area contributed by atoms with Crippen LogP contribution in [-0.2, 0) is 14.3 Å². The van der Waals surface area contributed by atoms with Crippen LogP contribution in [0.15, 0.2) is 77.3 Å². The maximum absolute atomic E-state index is 13.0. The van der Waals surface area contributed by atoms with Gasteiger partial charge in [0.2, 0.25) is 12.0 Å². The molecule has 1 unspecified atom stereocenters. The maximum atomic E-state index is 13.0. The number of nitro groups is 1. The van der Waals surface area contributed by atoms with Gasteiger partial charge in [0.1, 0.15) is 0 Å². The average molecular weight is 512 g/mol. The summed E-state index contributed by atoms with van der Waals surface area (Å²) in [5, 5.41) is 16.2. The van der Waals surface area contributed by atoms with E-state index >= 15 is 0 Å². The lowest BCUT2D eigenvalue weighted by molar-refractivity contribution is -0.384. The van der Waals surface area contributed by atoms with E-state index in [0.29, 0.717) is 15.7 Å². The standard InChI is InChI=1S/C23H18BrN3O6/c1-14(28)25-17-9-7-16(8-10-17)23(30)33-21(15-5-3-2-4-6-15)22(29)26-20-12-11-18(27(31)32)13-19(20)24/h2-13,21H,1H3,(H,25,28)(H,26,29). The number of hydrogen-bond acceptors (Lipinski definition) is 6. The first kappa shape index (κ1) is 23.6. The molecule has 0 bridgehead atoms. The molecule has 168 valence electrons. The lowest BCUT2D eigenvalue weighted by atomic mass is 10.1. The highest BCUT2D eigenvalue weighted by Crippen LogP contribution is 2.29. The van der Waals surface area contributed by atoms with Crippen molar-refractivity contribution in [3.63, 3.8) is 0 Å². The molecule has 0 aliphatic heterocycles. The first-order valence-corrected chi connectivity index (χ1v) is 10.4. The smallest absolute Gasteiger partial charge is 0.339 e. The Morgan fingerprint density at radius 2 is 1.64 bits per heavy atom. The van der Waals surface area contributed by atoms with Crippen molar-refractivity contribution in [2.45, 2.75) is 13.0 Å². The SMILES string of the molecule is CC(=O)Nc1ccc(C(=O)OC(C(=O)Nc2ccc([N+](=O)[O-])cc2Br)c2ccccc2)cc1. The zero-order chi connectivity index (χ0) is 24.0. The molecule has 10 heteroatoms. The Morgan fingerprint density at radius 3 is 2.21 bits per heavy atom. The summed E-state index contributed by atoms with van der Waals surface area (Å²) in [6.45, 7) is 1.37. The van der Waals surface area contributed by atoms with Gasteiger partial charge in [-0.3, -0.25) is 19.7 Å². The third-order valence-corrected chi connectivity index (χ3v) is 5.08. The molecule has 0 aromatic heterocycles. The topological polar surface area (TPSA) is 128 Å². The highest BCUT2D eigenvalue weighted by Gasteiger charge is 2.26. The van der Waals surface area contributed by atoms with E-state index in [1.807, 2.05) is 0 Å². The van der Waals surface area contributed by atoms with Gasteiger partial charge in [0, 0.05) is 34.8 Å². The molecular weight excluding hydrogens is 494 g/mol. The summed E-state index contributed by atoms with van der Waals surface area (Å²) < 4.78 is 5.82. The molecule has 0 saturated carbocycles. The lowest BCUT2D eigenvalue weighted by Gasteiger charge is -2.18. The van der Waals surface area contributed by atoms with E-state index in [1.165, 1.54) is 37.3 Å². The minimum atomic E-state index is -1.28. The number of non-ortho nitro benzene ring substituents is 1. The lowest BCUT2D eigenvalue weighted by Crippen LogP contribution is -2.26. The summed E-state index contributed by atoms with van der Waals surface area (Å²) in [4.78, 5) is 47.3. The van der Waals surface area contributed by atoms with Gasteiger partial charge in [0.15, 0.2) is 0 Å². The predicted octanol–water partition coefficient (Wildman–Crippen LogP) is 4.85. The minimum absolute atomic E-state index is 0.145. The molecule has 3 rings (SSSR count). The van der Waals surface area contributed by atoms with E-state index in [4.69, 9.17) is 4.74 Å². The number of nitrogens with one attached hydrogen (secondary N) is 2. The molecule has 0 heterocycles. The quantitative estimate of drug-likeness (QED) is 0.265. The number of carbonyl (C=O) groups is 3. The third-order valence-electron chi connectivity index (χ3n) is 4.43.